The maximum Gasteiger partial charge on any atom is 0.191 e. The molecule has 0 bridgehead atoms. The van der Waals surface area contributed by atoms with Gasteiger partial charge in [-0.1, -0.05) is 18.2 Å². The number of nitrogens with one attached hydrogen (secondary N) is 2. The molecule has 0 unspecified atom stereocenters. The van der Waals surface area contributed by atoms with Crippen molar-refractivity contribution in [1.29, 1.82) is 0 Å². The quantitative estimate of drug-likeness (QED) is 0.291. The van der Waals surface area contributed by atoms with Gasteiger partial charge in [0.15, 0.2) is 5.96 Å². The Balaban J connectivity index is 0.00000312. The molecule has 1 aromatic carbocycles. The molecule has 2 N–H and O–H groups in total. The zero-order valence-electron chi connectivity index (χ0n) is 15.4. The van der Waals surface area contributed by atoms with Gasteiger partial charge < -0.3 is 15.4 Å². The van der Waals surface area contributed by atoms with E-state index < -0.39 is 0 Å². The molecule has 0 aliphatic rings. The average Bonchev–Trinajstić information content (AvgIpc) is 2.97. The van der Waals surface area contributed by atoms with E-state index in [0.29, 0.717) is 13.2 Å². The van der Waals surface area contributed by atoms with Gasteiger partial charge in [0, 0.05) is 26.8 Å². The highest BCUT2D eigenvalue weighted by atomic mass is 127. The summed E-state index contributed by atoms with van der Waals surface area (Å²) in [5.41, 5.74) is 3.46. The predicted molar refractivity (Wildman–Crippen MR) is 113 cm³/mol. The van der Waals surface area contributed by atoms with Gasteiger partial charge in [0.25, 0.3) is 0 Å². The fraction of sp³-hybridized carbons (Fsp3) is 0.444. The van der Waals surface area contributed by atoms with Crippen molar-refractivity contribution in [3.05, 3.63) is 47.3 Å². The first-order valence-corrected chi connectivity index (χ1v) is 8.22. The van der Waals surface area contributed by atoms with Crippen molar-refractivity contribution in [2.75, 3.05) is 20.2 Å². The van der Waals surface area contributed by atoms with E-state index in [1.54, 1.807) is 13.2 Å². The van der Waals surface area contributed by atoms with Crippen LogP contribution in [0.4, 0.5) is 0 Å². The summed E-state index contributed by atoms with van der Waals surface area (Å²) in [5, 5.41) is 10.7. The second-order valence-corrected chi connectivity index (χ2v) is 5.72. The van der Waals surface area contributed by atoms with Crippen molar-refractivity contribution in [3.8, 4) is 5.75 Å². The van der Waals surface area contributed by atoms with Gasteiger partial charge in [-0.3, -0.25) is 9.67 Å². The van der Waals surface area contributed by atoms with Crippen molar-refractivity contribution < 1.29 is 4.74 Å². The molecule has 7 heteroatoms. The molecule has 0 fully saturated rings. The lowest BCUT2D eigenvalue weighted by Crippen LogP contribution is -2.38. The van der Waals surface area contributed by atoms with E-state index in [2.05, 4.69) is 52.8 Å². The molecule has 0 aliphatic heterocycles. The third kappa shape index (κ3) is 6.56. The van der Waals surface area contributed by atoms with Crippen LogP contribution in [0.15, 0.2) is 35.5 Å². The van der Waals surface area contributed by atoms with E-state index in [1.807, 2.05) is 17.8 Å². The molecule has 1 aromatic heterocycles. The number of halogens is 1. The largest absolute Gasteiger partial charge is 0.493 e. The summed E-state index contributed by atoms with van der Waals surface area (Å²) in [6.07, 6.45) is 2.69. The number of aryl methyl sites for hydroxylation is 3. The van der Waals surface area contributed by atoms with Gasteiger partial charge in [0.1, 0.15) is 5.75 Å². The molecule has 2 aromatic rings. The number of para-hydroxylation sites is 1. The Morgan fingerprint density at radius 1 is 1.20 bits per heavy atom. The van der Waals surface area contributed by atoms with Crippen LogP contribution in [0.1, 0.15) is 23.2 Å². The Bertz CT molecular complexity index is 664. The number of hydrogen-bond donors (Lipinski definition) is 2. The van der Waals surface area contributed by atoms with E-state index in [1.165, 1.54) is 11.1 Å². The normalized spacial score (nSPS) is 11.0. The number of benzene rings is 1. The lowest BCUT2D eigenvalue weighted by molar-refractivity contribution is 0.307. The minimum absolute atomic E-state index is 0. The second kappa shape index (κ2) is 11.0. The molecule has 2 rings (SSSR count). The van der Waals surface area contributed by atoms with Crippen LogP contribution >= 0.6 is 24.0 Å². The fourth-order valence-corrected chi connectivity index (χ4v) is 2.45. The number of hydrogen-bond acceptors (Lipinski definition) is 3. The summed E-state index contributed by atoms with van der Waals surface area (Å²) in [6, 6.07) is 8.19. The summed E-state index contributed by atoms with van der Waals surface area (Å²) in [5.74, 6) is 1.78. The Hall–Kier alpha value is -1.77. The number of aromatic nitrogens is 2. The predicted octanol–water partition coefficient (Wildman–Crippen LogP) is 2.79. The highest BCUT2D eigenvalue weighted by Gasteiger charge is 2.04. The summed E-state index contributed by atoms with van der Waals surface area (Å²) < 4.78 is 7.75. The smallest absolute Gasteiger partial charge is 0.191 e. The zero-order valence-corrected chi connectivity index (χ0v) is 17.7. The molecule has 138 valence electrons. The monoisotopic (exact) mass is 457 g/mol. The molecule has 0 radical (unpaired) electrons. The van der Waals surface area contributed by atoms with Crippen LogP contribution in [-0.4, -0.2) is 35.9 Å². The summed E-state index contributed by atoms with van der Waals surface area (Å²) in [6.45, 7) is 6.32. The fourth-order valence-electron chi connectivity index (χ4n) is 2.45. The van der Waals surface area contributed by atoms with Crippen LogP contribution in [0.25, 0.3) is 0 Å². The molecule has 0 aliphatic carbocycles. The van der Waals surface area contributed by atoms with Gasteiger partial charge in [-0.05, 0) is 37.5 Å². The van der Waals surface area contributed by atoms with Gasteiger partial charge in [0.05, 0.1) is 18.8 Å². The second-order valence-electron chi connectivity index (χ2n) is 5.72. The van der Waals surface area contributed by atoms with Crippen molar-refractivity contribution >= 4 is 29.9 Å². The molecule has 0 saturated carbocycles. The summed E-state index contributed by atoms with van der Waals surface area (Å²) in [4.78, 5) is 4.23. The van der Waals surface area contributed by atoms with E-state index in [4.69, 9.17) is 4.74 Å². The molecule has 0 spiro atoms. The number of rotatable bonds is 7. The SMILES string of the molecule is CN=C(NCCCOc1c(C)cccc1C)NCc1ccnn1C.I. The molecule has 6 nitrogen and oxygen atoms in total. The Morgan fingerprint density at radius 2 is 1.92 bits per heavy atom. The number of aliphatic imine (C=N–C) groups is 1. The molecule has 25 heavy (non-hydrogen) atoms. The Morgan fingerprint density at radius 3 is 2.52 bits per heavy atom. The first-order valence-electron chi connectivity index (χ1n) is 8.22. The Kier molecular flexibility index (Phi) is 9.33. The molecule has 1 heterocycles. The summed E-state index contributed by atoms with van der Waals surface area (Å²) >= 11 is 0. The van der Waals surface area contributed by atoms with Crippen LogP contribution in [0.5, 0.6) is 5.75 Å². The number of guanidine groups is 1. The Labute approximate surface area is 167 Å². The minimum Gasteiger partial charge on any atom is -0.493 e. The maximum atomic E-state index is 5.91. The lowest BCUT2D eigenvalue weighted by Gasteiger charge is -2.14. The van der Waals surface area contributed by atoms with Gasteiger partial charge in [-0.25, -0.2) is 0 Å². The molecule has 0 amide bonds. The number of ether oxygens (including phenoxy) is 1. The van der Waals surface area contributed by atoms with E-state index in [9.17, 15) is 0 Å². The zero-order chi connectivity index (χ0) is 17.4. The van der Waals surface area contributed by atoms with Crippen LogP contribution in [-0.2, 0) is 13.6 Å². The summed E-state index contributed by atoms with van der Waals surface area (Å²) in [7, 11) is 3.70. The third-order valence-electron chi connectivity index (χ3n) is 3.85. The number of nitrogens with zero attached hydrogens (tertiary/aromatic N) is 3. The molecule has 0 atom stereocenters. The third-order valence-corrected chi connectivity index (χ3v) is 3.85. The van der Waals surface area contributed by atoms with Crippen molar-refractivity contribution in [2.45, 2.75) is 26.8 Å². The van der Waals surface area contributed by atoms with Crippen molar-refractivity contribution in [3.63, 3.8) is 0 Å². The van der Waals surface area contributed by atoms with Gasteiger partial charge in [0.2, 0.25) is 0 Å². The van der Waals surface area contributed by atoms with Crippen LogP contribution in [0.3, 0.4) is 0 Å². The first-order chi connectivity index (χ1) is 11.6. The minimum atomic E-state index is 0. The topological polar surface area (TPSA) is 63.5 Å². The van der Waals surface area contributed by atoms with E-state index >= 15 is 0 Å². The maximum absolute atomic E-state index is 5.91. The van der Waals surface area contributed by atoms with Crippen LogP contribution in [0.2, 0.25) is 0 Å². The highest BCUT2D eigenvalue weighted by molar-refractivity contribution is 14.0. The highest BCUT2D eigenvalue weighted by Crippen LogP contribution is 2.22. The van der Waals surface area contributed by atoms with Gasteiger partial charge in [-0.15, -0.1) is 24.0 Å². The average molecular weight is 457 g/mol. The van der Waals surface area contributed by atoms with E-state index in [0.717, 1.165) is 30.4 Å². The molecule has 0 saturated heterocycles. The van der Waals surface area contributed by atoms with Crippen molar-refractivity contribution in [2.24, 2.45) is 12.0 Å². The van der Waals surface area contributed by atoms with Crippen molar-refractivity contribution in [1.82, 2.24) is 20.4 Å². The molecular weight excluding hydrogens is 429 g/mol. The first kappa shape index (κ1) is 21.3. The molecular formula is C18H28IN5O. The van der Waals surface area contributed by atoms with Gasteiger partial charge >= 0.3 is 0 Å². The van der Waals surface area contributed by atoms with Crippen LogP contribution < -0.4 is 15.4 Å². The van der Waals surface area contributed by atoms with Crippen LogP contribution in [0, 0.1) is 13.8 Å². The lowest BCUT2D eigenvalue weighted by atomic mass is 10.1. The van der Waals surface area contributed by atoms with E-state index in [-0.39, 0.29) is 24.0 Å². The standard InChI is InChI=1S/C18H27N5O.HI/c1-14-7-5-8-15(2)17(14)24-12-6-10-20-18(19-3)21-13-16-9-11-22-23(16)4;/h5,7-9,11H,6,10,12-13H2,1-4H3,(H2,19,20,21);1H. The van der Waals surface area contributed by atoms with Gasteiger partial charge in [-0.2, -0.15) is 5.10 Å².